The van der Waals surface area contributed by atoms with E-state index in [-0.39, 0.29) is 0 Å². The molecule has 0 aliphatic heterocycles. The average molecular weight is 168 g/mol. The van der Waals surface area contributed by atoms with Gasteiger partial charge in [-0.3, -0.25) is 4.79 Å². The quantitative estimate of drug-likeness (QED) is 0.589. The molecule has 0 aromatic carbocycles. The monoisotopic (exact) mass is 168 g/mol. The Kier molecular flexibility index (Phi) is 3.77. The SMILES string of the molecule is CCCCCC1CC(C)CC1=O. The van der Waals surface area contributed by atoms with Gasteiger partial charge in [0.05, 0.1) is 0 Å². The largest absolute Gasteiger partial charge is 0.299 e. The molecule has 1 fully saturated rings. The highest BCUT2D eigenvalue weighted by atomic mass is 16.1. The van der Waals surface area contributed by atoms with Gasteiger partial charge >= 0.3 is 0 Å². The summed E-state index contributed by atoms with van der Waals surface area (Å²) in [6.07, 6.45) is 6.95. The summed E-state index contributed by atoms with van der Waals surface area (Å²) in [6.45, 7) is 4.40. The molecule has 1 saturated carbocycles. The second-order valence-corrected chi connectivity index (χ2v) is 4.20. The highest BCUT2D eigenvalue weighted by Gasteiger charge is 2.28. The summed E-state index contributed by atoms with van der Waals surface area (Å²) < 4.78 is 0. The van der Waals surface area contributed by atoms with Crippen LogP contribution in [0, 0.1) is 11.8 Å². The number of carbonyl (C=O) groups excluding carboxylic acids is 1. The van der Waals surface area contributed by atoms with Crippen molar-refractivity contribution in [2.75, 3.05) is 0 Å². The van der Waals surface area contributed by atoms with Gasteiger partial charge in [0.2, 0.25) is 0 Å². The Labute approximate surface area is 75.5 Å². The van der Waals surface area contributed by atoms with E-state index < -0.39 is 0 Å². The first kappa shape index (κ1) is 9.76. The van der Waals surface area contributed by atoms with Crippen LogP contribution in [0.3, 0.4) is 0 Å². The minimum Gasteiger partial charge on any atom is -0.299 e. The summed E-state index contributed by atoms with van der Waals surface area (Å²) in [4.78, 5) is 11.4. The van der Waals surface area contributed by atoms with Crippen molar-refractivity contribution < 1.29 is 4.79 Å². The number of hydrogen-bond donors (Lipinski definition) is 0. The molecule has 0 spiro atoms. The second kappa shape index (κ2) is 4.64. The topological polar surface area (TPSA) is 17.1 Å². The van der Waals surface area contributed by atoms with Crippen LogP contribution in [0.5, 0.6) is 0 Å². The minimum atomic E-state index is 0.423. The minimum absolute atomic E-state index is 0.423. The lowest BCUT2D eigenvalue weighted by molar-refractivity contribution is -0.120. The van der Waals surface area contributed by atoms with Gasteiger partial charge in [0.1, 0.15) is 5.78 Å². The summed E-state index contributed by atoms with van der Waals surface area (Å²) in [5, 5.41) is 0. The molecular formula is C11H20O. The lowest BCUT2D eigenvalue weighted by Crippen LogP contribution is -2.05. The third kappa shape index (κ3) is 2.62. The molecule has 1 aliphatic rings. The van der Waals surface area contributed by atoms with Gasteiger partial charge in [0.15, 0.2) is 0 Å². The maximum Gasteiger partial charge on any atom is 0.136 e. The molecule has 2 unspecified atom stereocenters. The van der Waals surface area contributed by atoms with Crippen molar-refractivity contribution >= 4 is 5.78 Å². The Hall–Kier alpha value is -0.330. The highest BCUT2D eigenvalue weighted by molar-refractivity contribution is 5.83. The lowest BCUT2D eigenvalue weighted by atomic mass is 9.98. The van der Waals surface area contributed by atoms with Crippen molar-refractivity contribution in [3.05, 3.63) is 0 Å². The Morgan fingerprint density at radius 1 is 1.42 bits per heavy atom. The van der Waals surface area contributed by atoms with Gasteiger partial charge in [0.25, 0.3) is 0 Å². The van der Waals surface area contributed by atoms with Crippen LogP contribution in [0.1, 0.15) is 52.4 Å². The van der Waals surface area contributed by atoms with Crippen molar-refractivity contribution in [3.8, 4) is 0 Å². The van der Waals surface area contributed by atoms with E-state index in [2.05, 4.69) is 13.8 Å². The summed E-state index contributed by atoms with van der Waals surface area (Å²) in [6, 6.07) is 0. The summed E-state index contributed by atoms with van der Waals surface area (Å²) >= 11 is 0. The number of unbranched alkanes of at least 4 members (excludes halogenated alkanes) is 2. The number of hydrogen-bond acceptors (Lipinski definition) is 1. The third-order valence-electron chi connectivity index (χ3n) is 2.85. The standard InChI is InChI=1S/C11H20O/c1-3-4-5-6-10-7-9(2)8-11(10)12/h9-10H,3-8H2,1-2H3. The molecule has 70 valence electrons. The molecule has 1 heteroatoms. The smallest absolute Gasteiger partial charge is 0.136 e. The van der Waals surface area contributed by atoms with Crippen LogP contribution in [-0.2, 0) is 4.79 Å². The van der Waals surface area contributed by atoms with E-state index in [1.165, 1.54) is 19.3 Å². The molecule has 12 heavy (non-hydrogen) atoms. The van der Waals surface area contributed by atoms with Crippen molar-refractivity contribution in [2.45, 2.75) is 52.4 Å². The van der Waals surface area contributed by atoms with Crippen LogP contribution in [0.25, 0.3) is 0 Å². The molecule has 0 radical (unpaired) electrons. The third-order valence-corrected chi connectivity index (χ3v) is 2.85. The molecule has 0 N–H and O–H groups in total. The molecule has 1 nitrogen and oxygen atoms in total. The maximum absolute atomic E-state index is 11.4. The molecule has 0 aromatic heterocycles. The van der Waals surface area contributed by atoms with Gasteiger partial charge in [-0.15, -0.1) is 0 Å². The van der Waals surface area contributed by atoms with E-state index in [4.69, 9.17) is 0 Å². The number of rotatable bonds is 4. The molecule has 0 amide bonds. The van der Waals surface area contributed by atoms with Crippen molar-refractivity contribution in [2.24, 2.45) is 11.8 Å². The fourth-order valence-corrected chi connectivity index (χ4v) is 2.13. The predicted molar refractivity (Wildman–Crippen MR) is 51.0 cm³/mol. The van der Waals surface area contributed by atoms with E-state index in [9.17, 15) is 4.79 Å². The Morgan fingerprint density at radius 2 is 2.17 bits per heavy atom. The van der Waals surface area contributed by atoms with Crippen molar-refractivity contribution in [1.82, 2.24) is 0 Å². The maximum atomic E-state index is 11.4. The van der Waals surface area contributed by atoms with Gasteiger partial charge in [-0.2, -0.15) is 0 Å². The van der Waals surface area contributed by atoms with Crippen molar-refractivity contribution in [1.29, 1.82) is 0 Å². The van der Waals surface area contributed by atoms with Crippen LogP contribution >= 0.6 is 0 Å². The van der Waals surface area contributed by atoms with Gasteiger partial charge in [-0.05, 0) is 18.8 Å². The van der Waals surface area contributed by atoms with Crippen LogP contribution < -0.4 is 0 Å². The van der Waals surface area contributed by atoms with E-state index in [1.807, 2.05) is 0 Å². The zero-order valence-electron chi connectivity index (χ0n) is 8.31. The van der Waals surface area contributed by atoms with Gasteiger partial charge in [0, 0.05) is 12.3 Å². The molecule has 2 atom stereocenters. The second-order valence-electron chi connectivity index (χ2n) is 4.20. The van der Waals surface area contributed by atoms with Gasteiger partial charge in [-0.25, -0.2) is 0 Å². The van der Waals surface area contributed by atoms with Gasteiger partial charge in [-0.1, -0.05) is 33.1 Å². The molecule has 0 heterocycles. The number of ketones is 1. The Balaban J connectivity index is 2.19. The van der Waals surface area contributed by atoms with Gasteiger partial charge < -0.3 is 0 Å². The number of Topliss-reactive ketones (excluding diaryl/α,β-unsaturated/α-hetero) is 1. The van der Waals surface area contributed by atoms with Crippen LogP contribution in [0.4, 0.5) is 0 Å². The highest BCUT2D eigenvalue weighted by Crippen LogP contribution is 2.30. The first-order chi connectivity index (χ1) is 5.74. The molecule has 0 aromatic rings. The molecule has 1 rings (SSSR count). The molecule has 0 bridgehead atoms. The van der Waals surface area contributed by atoms with E-state index in [0.717, 1.165) is 19.3 Å². The first-order valence-electron chi connectivity index (χ1n) is 5.26. The summed E-state index contributed by atoms with van der Waals surface area (Å²) in [7, 11) is 0. The normalized spacial score (nSPS) is 29.7. The van der Waals surface area contributed by atoms with E-state index >= 15 is 0 Å². The van der Waals surface area contributed by atoms with E-state index in [1.54, 1.807) is 0 Å². The average Bonchev–Trinajstić information content (AvgIpc) is 2.31. The molecule has 0 saturated heterocycles. The fourth-order valence-electron chi connectivity index (χ4n) is 2.13. The van der Waals surface area contributed by atoms with Crippen LogP contribution in [0.15, 0.2) is 0 Å². The fraction of sp³-hybridized carbons (Fsp3) is 0.909. The summed E-state index contributed by atoms with van der Waals surface area (Å²) in [5.74, 6) is 1.61. The zero-order valence-corrected chi connectivity index (χ0v) is 8.31. The van der Waals surface area contributed by atoms with Crippen LogP contribution in [0.2, 0.25) is 0 Å². The summed E-state index contributed by atoms with van der Waals surface area (Å²) in [5.41, 5.74) is 0. The zero-order chi connectivity index (χ0) is 8.97. The first-order valence-corrected chi connectivity index (χ1v) is 5.26. The Bertz CT molecular complexity index is 151. The predicted octanol–water partition coefficient (Wildman–Crippen LogP) is 3.18. The number of carbonyl (C=O) groups is 1. The lowest BCUT2D eigenvalue weighted by Gasteiger charge is -2.06. The molecular weight excluding hydrogens is 148 g/mol. The molecule has 1 aliphatic carbocycles. The van der Waals surface area contributed by atoms with Crippen molar-refractivity contribution in [3.63, 3.8) is 0 Å². The Morgan fingerprint density at radius 3 is 2.67 bits per heavy atom. The van der Waals surface area contributed by atoms with E-state index in [0.29, 0.717) is 17.6 Å². The van der Waals surface area contributed by atoms with Crippen LogP contribution in [-0.4, -0.2) is 5.78 Å².